The minimum absolute atomic E-state index is 0.233. The molecule has 0 aliphatic heterocycles. The smallest absolute Gasteiger partial charge is 0.146 e. The third kappa shape index (κ3) is 4.85. The van der Waals surface area contributed by atoms with E-state index in [-0.39, 0.29) is 13.6 Å². The number of methoxy groups -OCH3 is 2. The fraction of sp³-hybridized carbons (Fsp3) is 0.375. The molecule has 0 unspecified atom stereocenters. The van der Waals surface area contributed by atoms with Gasteiger partial charge >= 0.3 is 0 Å². The van der Waals surface area contributed by atoms with Gasteiger partial charge in [-0.15, -0.1) is 0 Å². The second kappa shape index (κ2) is 9.22. The molecule has 2 aromatic rings. The largest absolute Gasteiger partial charge is 0.359 e. The molecule has 0 aliphatic carbocycles. The second-order valence-electron chi connectivity index (χ2n) is 4.60. The monoisotopic (exact) mass is 304 g/mol. The van der Waals surface area contributed by atoms with Crippen LogP contribution < -0.4 is 0 Å². The van der Waals surface area contributed by atoms with Gasteiger partial charge in [-0.05, 0) is 23.8 Å². The Kier molecular flexibility index (Phi) is 6.92. The number of aromatic nitrogens is 2. The maximum Gasteiger partial charge on any atom is 0.146 e. The fourth-order valence-electron chi connectivity index (χ4n) is 1.99. The van der Waals surface area contributed by atoms with E-state index in [1.807, 2.05) is 18.2 Å². The molecular formula is C16H20N2O4. The lowest BCUT2D eigenvalue weighted by Crippen LogP contribution is -2.03. The van der Waals surface area contributed by atoms with Crippen molar-refractivity contribution in [2.24, 2.45) is 0 Å². The number of hydrogen-bond donors (Lipinski definition) is 0. The maximum absolute atomic E-state index is 5.46. The second-order valence-corrected chi connectivity index (χ2v) is 4.60. The molecule has 2 rings (SSSR count). The van der Waals surface area contributed by atoms with Gasteiger partial charge in [0, 0.05) is 43.9 Å². The Morgan fingerprint density at radius 3 is 2.45 bits per heavy atom. The molecule has 0 fully saturated rings. The topological polar surface area (TPSA) is 62.7 Å². The molecule has 118 valence electrons. The first-order valence-electron chi connectivity index (χ1n) is 6.86. The Morgan fingerprint density at radius 1 is 1.00 bits per heavy atom. The van der Waals surface area contributed by atoms with Crippen LogP contribution in [0, 0.1) is 0 Å². The summed E-state index contributed by atoms with van der Waals surface area (Å²) in [7, 11) is 3.18. The SMILES string of the molecule is COCOCc1cnc(-c2cccnc2)c(COCOC)c1. The summed E-state index contributed by atoms with van der Waals surface area (Å²) in [5.41, 5.74) is 3.71. The molecule has 6 heteroatoms. The van der Waals surface area contributed by atoms with Gasteiger partial charge in [-0.3, -0.25) is 9.97 Å². The zero-order valence-corrected chi connectivity index (χ0v) is 12.8. The first-order valence-corrected chi connectivity index (χ1v) is 6.86. The lowest BCUT2D eigenvalue weighted by molar-refractivity contribution is -0.0407. The molecule has 0 amide bonds. The third-order valence-electron chi connectivity index (χ3n) is 2.89. The summed E-state index contributed by atoms with van der Waals surface area (Å²) < 4.78 is 20.6. The molecule has 0 saturated carbocycles. The van der Waals surface area contributed by atoms with Crippen LogP contribution in [0.3, 0.4) is 0 Å². The van der Waals surface area contributed by atoms with E-state index in [2.05, 4.69) is 9.97 Å². The highest BCUT2D eigenvalue weighted by molar-refractivity contribution is 5.62. The van der Waals surface area contributed by atoms with E-state index >= 15 is 0 Å². The van der Waals surface area contributed by atoms with Gasteiger partial charge < -0.3 is 18.9 Å². The summed E-state index contributed by atoms with van der Waals surface area (Å²) in [6.45, 7) is 1.32. The highest BCUT2D eigenvalue weighted by Crippen LogP contribution is 2.22. The van der Waals surface area contributed by atoms with E-state index in [1.165, 1.54) is 0 Å². The van der Waals surface area contributed by atoms with Crippen LogP contribution in [-0.2, 0) is 32.2 Å². The van der Waals surface area contributed by atoms with Crippen LogP contribution in [0.25, 0.3) is 11.3 Å². The summed E-state index contributed by atoms with van der Waals surface area (Å²) >= 11 is 0. The summed E-state index contributed by atoms with van der Waals surface area (Å²) in [6.07, 6.45) is 5.30. The Bertz CT molecular complexity index is 563. The first kappa shape index (κ1) is 16.5. The number of hydrogen-bond acceptors (Lipinski definition) is 6. The summed E-state index contributed by atoms with van der Waals surface area (Å²) in [5.74, 6) is 0. The van der Waals surface area contributed by atoms with Crippen LogP contribution in [0.15, 0.2) is 36.8 Å². The van der Waals surface area contributed by atoms with Gasteiger partial charge in [0.25, 0.3) is 0 Å². The van der Waals surface area contributed by atoms with Crippen molar-refractivity contribution in [2.45, 2.75) is 13.2 Å². The molecular weight excluding hydrogens is 284 g/mol. The van der Waals surface area contributed by atoms with Crippen molar-refractivity contribution in [2.75, 3.05) is 27.8 Å². The molecule has 2 heterocycles. The molecule has 0 aromatic carbocycles. The van der Waals surface area contributed by atoms with Gasteiger partial charge in [-0.1, -0.05) is 0 Å². The van der Waals surface area contributed by atoms with Crippen molar-refractivity contribution in [1.29, 1.82) is 0 Å². The van der Waals surface area contributed by atoms with Crippen molar-refractivity contribution in [1.82, 2.24) is 9.97 Å². The maximum atomic E-state index is 5.46. The zero-order valence-electron chi connectivity index (χ0n) is 12.8. The Morgan fingerprint density at radius 2 is 1.77 bits per heavy atom. The molecule has 6 nitrogen and oxygen atoms in total. The van der Waals surface area contributed by atoms with E-state index in [0.717, 1.165) is 22.4 Å². The van der Waals surface area contributed by atoms with Gasteiger partial charge in [-0.2, -0.15) is 0 Å². The normalized spacial score (nSPS) is 10.8. The number of nitrogens with zero attached hydrogens (tertiary/aromatic N) is 2. The van der Waals surface area contributed by atoms with Crippen LogP contribution in [-0.4, -0.2) is 37.8 Å². The highest BCUT2D eigenvalue weighted by atomic mass is 16.7. The van der Waals surface area contributed by atoms with E-state index < -0.39 is 0 Å². The summed E-state index contributed by atoms with van der Waals surface area (Å²) in [5, 5.41) is 0. The van der Waals surface area contributed by atoms with Crippen molar-refractivity contribution in [3.63, 3.8) is 0 Å². The molecule has 0 bridgehead atoms. The first-order chi connectivity index (χ1) is 10.8. The molecule has 2 aromatic heterocycles. The van der Waals surface area contributed by atoms with E-state index in [9.17, 15) is 0 Å². The van der Waals surface area contributed by atoms with Gasteiger partial charge in [0.15, 0.2) is 0 Å². The quantitative estimate of drug-likeness (QED) is 0.523. The van der Waals surface area contributed by atoms with Crippen LogP contribution in [0.1, 0.15) is 11.1 Å². The molecule has 0 N–H and O–H groups in total. The van der Waals surface area contributed by atoms with Crippen molar-refractivity contribution < 1.29 is 18.9 Å². The van der Waals surface area contributed by atoms with Crippen molar-refractivity contribution in [3.05, 3.63) is 47.9 Å². The van der Waals surface area contributed by atoms with Crippen LogP contribution >= 0.6 is 0 Å². The highest BCUT2D eigenvalue weighted by Gasteiger charge is 2.09. The molecule has 0 atom stereocenters. The average Bonchev–Trinajstić information content (AvgIpc) is 2.56. The number of rotatable bonds is 9. The predicted octanol–water partition coefficient (Wildman–Crippen LogP) is 2.38. The summed E-state index contributed by atoms with van der Waals surface area (Å²) in [6, 6.07) is 5.86. The predicted molar refractivity (Wildman–Crippen MR) is 80.8 cm³/mol. The van der Waals surface area contributed by atoms with Gasteiger partial charge in [-0.25, -0.2) is 0 Å². The Hall–Kier alpha value is -1.86. The fourth-order valence-corrected chi connectivity index (χ4v) is 1.99. The molecule has 0 aliphatic rings. The third-order valence-corrected chi connectivity index (χ3v) is 2.89. The summed E-state index contributed by atoms with van der Waals surface area (Å²) in [4.78, 5) is 8.66. The van der Waals surface area contributed by atoms with Crippen LogP contribution in [0.2, 0.25) is 0 Å². The minimum atomic E-state index is 0.233. The Balaban J connectivity index is 2.19. The minimum Gasteiger partial charge on any atom is -0.359 e. The molecule has 0 saturated heterocycles. The lowest BCUT2D eigenvalue weighted by atomic mass is 10.1. The number of pyridine rings is 2. The van der Waals surface area contributed by atoms with Crippen molar-refractivity contribution in [3.8, 4) is 11.3 Å². The van der Waals surface area contributed by atoms with E-state index in [0.29, 0.717) is 13.2 Å². The molecule has 0 spiro atoms. The van der Waals surface area contributed by atoms with Crippen LogP contribution in [0.5, 0.6) is 0 Å². The van der Waals surface area contributed by atoms with Crippen LogP contribution in [0.4, 0.5) is 0 Å². The van der Waals surface area contributed by atoms with Gasteiger partial charge in [0.05, 0.1) is 18.9 Å². The molecule has 0 radical (unpaired) electrons. The Labute approximate surface area is 130 Å². The zero-order chi connectivity index (χ0) is 15.6. The van der Waals surface area contributed by atoms with Crippen molar-refractivity contribution >= 4 is 0 Å². The molecule has 22 heavy (non-hydrogen) atoms. The van der Waals surface area contributed by atoms with Gasteiger partial charge in [0.1, 0.15) is 13.6 Å². The van der Waals surface area contributed by atoms with Gasteiger partial charge in [0.2, 0.25) is 0 Å². The lowest BCUT2D eigenvalue weighted by Gasteiger charge is -2.11. The van der Waals surface area contributed by atoms with E-state index in [1.54, 1.807) is 32.8 Å². The standard InChI is InChI=1S/C16H20N2O4/c1-19-11-21-9-13-6-15(10-22-12-20-2)16(18-7-13)14-4-3-5-17-8-14/h3-8H,9-12H2,1-2H3. The average molecular weight is 304 g/mol. The number of ether oxygens (including phenoxy) is 4. The van der Waals surface area contributed by atoms with E-state index in [4.69, 9.17) is 18.9 Å².